The summed E-state index contributed by atoms with van der Waals surface area (Å²) in [4.78, 5) is 24.4. The van der Waals surface area contributed by atoms with E-state index in [-0.39, 0.29) is 18.4 Å². The third kappa shape index (κ3) is 4.63. The zero-order valence-corrected chi connectivity index (χ0v) is 17.5. The lowest BCUT2D eigenvalue weighted by Gasteiger charge is -2.26. The minimum atomic E-state index is -0.919. The molecule has 0 spiro atoms. The van der Waals surface area contributed by atoms with Crippen molar-refractivity contribution in [3.8, 4) is 11.4 Å². The number of hydrogen-bond acceptors (Lipinski definition) is 6. The topological polar surface area (TPSA) is 74.1 Å². The van der Waals surface area contributed by atoms with Crippen molar-refractivity contribution in [2.24, 2.45) is 0 Å². The smallest absolute Gasteiger partial charge is 0.327 e. The van der Waals surface area contributed by atoms with Gasteiger partial charge in [-0.2, -0.15) is 0 Å². The second kappa shape index (κ2) is 9.37. The molecule has 1 aliphatic rings. The summed E-state index contributed by atoms with van der Waals surface area (Å²) in [5, 5.41) is 8.50. The van der Waals surface area contributed by atoms with Gasteiger partial charge in [-0.15, -0.1) is 10.2 Å². The van der Waals surface area contributed by atoms with Crippen LogP contribution in [0.4, 0.5) is 0 Å². The van der Waals surface area contributed by atoms with Gasteiger partial charge in [0.15, 0.2) is 22.0 Å². The van der Waals surface area contributed by atoms with Gasteiger partial charge in [0.2, 0.25) is 0 Å². The number of thioether (sulfide) groups is 1. The highest BCUT2D eigenvalue weighted by molar-refractivity contribution is 8.01. The van der Waals surface area contributed by atoms with Gasteiger partial charge in [-0.05, 0) is 33.6 Å². The van der Waals surface area contributed by atoms with E-state index in [2.05, 4.69) is 26.9 Å². The Kier molecular flexibility index (Phi) is 6.88. The molecule has 7 heteroatoms. The minimum absolute atomic E-state index is 0.237. The molecular formula is C21H27N3O3S. The van der Waals surface area contributed by atoms with E-state index in [1.54, 1.807) is 6.92 Å². The fourth-order valence-corrected chi connectivity index (χ4v) is 4.52. The molecule has 0 saturated heterocycles. The molecule has 1 unspecified atom stereocenters. The van der Waals surface area contributed by atoms with E-state index in [4.69, 9.17) is 4.74 Å². The number of ether oxygens (including phenoxy) is 1. The SMILES string of the molecule is CCOC(=O)C(Sc1nnc(-c2ccc(C)cc2)n1C1CCCCC1)C(C)=O. The molecule has 1 fully saturated rings. The van der Waals surface area contributed by atoms with Crippen molar-refractivity contribution in [2.45, 2.75) is 69.3 Å². The zero-order chi connectivity index (χ0) is 20.1. The summed E-state index contributed by atoms with van der Waals surface area (Å²) in [5.74, 6) is 0.0363. The molecule has 0 amide bonds. The van der Waals surface area contributed by atoms with Crippen molar-refractivity contribution in [1.29, 1.82) is 0 Å². The number of aryl methyl sites for hydroxylation is 1. The van der Waals surface area contributed by atoms with Gasteiger partial charge in [0.25, 0.3) is 0 Å². The Balaban J connectivity index is 1.99. The van der Waals surface area contributed by atoms with Gasteiger partial charge in [0, 0.05) is 11.6 Å². The van der Waals surface area contributed by atoms with Crippen LogP contribution in [0.3, 0.4) is 0 Å². The molecule has 28 heavy (non-hydrogen) atoms. The number of hydrogen-bond donors (Lipinski definition) is 0. The van der Waals surface area contributed by atoms with Gasteiger partial charge in [-0.3, -0.25) is 14.2 Å². The minimum Gasteiger partial charge on any atom is -0.465 e. The van der Waals surface area contributed by atoms with Crippen molar-refractivity contribution in [3.05, 3.63) is 29.8 Å². The van der Waals surface area contributed by atoms with Gasteiger partial charge >= 0.3 is 5.97 Å². The summed E-state index contributed by atoms with van der Waals surface area (Å²) in [7, 11) is 0. The standard InChI is InChI=1S/C21H27N3O3S/c1-4-27-20(26)18(15(3)25)28-21-23-22-19(16-12-10-14(2)11-13-16)24(21)17-8-6-5-7-9-17/h10-13,17-18H,4-9H2,1-3H3. The van der Waals surface area contributed by atoms with Gasteiger partial charge in [-0.25, -0.2) is 0 Å². The van der Waals surface area contributed by atoms with Gasteiger partial charge in [0.05, 0.1) is 6.61 Å². The van der Waals surface area contributed by atoms with Crippen molar-refractivity contribution in [3.63, 3.8) is 0 Å². The third-order valence-corrected chi connectivity index (χ3v) is 6.26. The molecule has 1 atom stereocenters. The highest BCUT2D eigenvalue weighted by Crippen LogP contribution is 2.37. The van der Waals surface area contributed by atoms with Crippen LogP contribution in [0.5, 0.6) is 0 Å². The van der Waals surface area contributed by atoms with Crippen molar-refractivity contribution in [2.75, 3.05) is 6.61 Å². The van der Waals surface area contributed by atoms with Crippen LogP contribution in [0.25, 0.3) is 11.4 Å². The molecule has 1 aromatic heterocycles. The molecule has 1 heterocycles. The number of benzene rings is 1. The molecule has 2 aromatic rings. The summed E-state index contributed by atoms with van der Waals surface area (Å²) < 4.78 is 7.22. The molecule has 0 radical (unpaired) electrons. The van der Waals surface area contributed by atoms with Crippen LogP contribution in [0.2, 0.25) is 0 Å². The van der Waals surface area contributed by atoms with E-state index in [1.807, 2.05) is 19.1 Å². The molecular weight excluding hydrogens is 374 g/mol. The highest BCUT2D eigenvalue weighted by Gasteiger charge is 2.31. The predicted octanol–water partition coefficient (Wildman–Crippen LogP) is 4.37. The maximum atomic E-state index is 12.3. The number of Topliss-reactive ketones (excluding diaryl/α,β-unsaturated/α-hetero) is 1. The average molecular weight is 402 g/mol. The Labute approximate surface area is 170 Å². The van der Waals surface area contributed by atoms with Crippen LogP contribution in [0.1, 0.15) is 57.6 Å². The Morgan fingerprint density at radius 2 is 1.86 bits per heavy atom. The normalized spacial score (nSPS) is 16.0. The van der Waals surface area contributed by atoms with E-state index in [1.165, 1.54) is 18.9 Å². The Bertz CT molecular complexity index is 826. The first-order valence-corrected chi connectivity index (χ1v) is 10.7. The number of carbonyl (C=O) groups excluding carboxylic acids is 2. The lowest BCUT2D eigenvalue weighted by molar-refractivity contribution is -0.144. The van der Waals surface area contributed by atoms with Gasteiger partial charge < -0.3 is 4.74 Å². The number of aromatic nitrogens is 3. The summed E-state index contributed by atoms with van der Waals surface area (Å²) in [6.07, 6.45) is 5.66. The molecule has 1 saturated carbocycles. The molecule has 0 N–H and O–H groups in total. The van der Waals surface area contributed by atoms with Gasteiger partial charge in [0.1, 0.15) is 0 Å². The highest BCUT2D eigenvalue weighted by atomic mass is 32.2. The van der Waals surface area contributed by atoms with Crippen LogP contribution in [0, 0.1) is 6.92 Å². The van der Waals surface area contributed by atoms with Crippen LogP contribution >= 0.6 is 11.8 Å². The summed E-state index contributed by atoms with van der Waals surface area (Å²) >= 11 is 1.15. The van der Waals surface area contributed by atoms with E-state index in [9.17, 15) is 9.59 Å². The molecule has 3 rings (SSSR count). The van der Waals surface area contributed by atoms with Crippen molar-refractivity contribution in [1.82, 2.24) is 14.8 Å². The van der Waals surface area contributed by atoms with E-state index in [0.717, 1.165) is 48.8 Å². The summed E-state index contributed by atoms with van der Waals surface area (Å²) in [6.45, 7) is 5.44. The van der Waals surface area contributed by atoms with E-state index in [0.29, 0.717) is 5.16 Å². The second-order valence-electron chi connectivity index (χ2n) is 7.19. The molecule has 1 aromatic carbocycles. The van der Waals surface area contributed by atoms with Crippen LogP contribution < -0.4 is 0 Å². The lowest BCUT2D eigenvalue weighted by atomic mass is 9.95. The number of carbonyl (C=O) groups is 2. The van der Waals surface area contributed by atoms with Crippen LogP contribution in [0.15, 0.2) is 29.4 Å². The Hall–Kier alpha value is -2.15. The maximum absolute atomic E-state index is 12.3. The second-order valence-corrected chi connectivity index (χ2v) is 8.27. The molecule has 1 aliphatic carbocycles. The molecule has 0 aliphatic heterocycles. The van der Waals surface area contributed by atoms with Gasteiger partial charge in [-0.1, -0.05) is 60.9 Å². The van der Waals surface area contributed by atoms with E-state index < -0.39 is 11.2 Å². The number of esters is 1. The number of rotatable bonds is 7. The largest absolute Gasteiger partial charge is 0.465 e. The summed E-state index contributed by atoms with van der Waals surface area (Å²) in [6, 6.07) is 8.47. The fourth-order valence-electron chi connectivity index (χ4n) is 3.55. The fraction of sp³-hybridized carbons (Fsp3) is 0.524. The first kappa shape index (κ1) is 20.6. The monoisotopic (exact) mass is 401 g/mol. The predicted molar refractivity (Wildman–Crippen MR) is 109 cm³/mol. The van der Waals surface area contributed by atoms with Crippen molar-refractivity contribution < 1.29 is 14.3 Å². The average Bonchev–Trinajstić information content (AvgIpc) is 3.11. The quantitative estimate of drug-likeness (QED) is 0.390. The lowest BCUT2D eigenvalue weighted by Crippen LogP contribution is -2.28. The third-order valence-electron chi connectivity index (χ3n) is 5.01. The first-order valence-electron chi connectivity index (χ1n) is 9.87. The van der Waals surface area contributed by atoms with Crippen LogP contribution in [-0.2, 0) is 14.3 Å². The van der Waals surface area contributed by atoms with Crippen LogP contribution in [-0.4, -0.2) is 38.4 Å². The van der Waals surface area contributed by atoms with Crippen molar-refractivity contribution >= 4 is 23.5 Å². The Morgan fingerprint density at radius 3 is 2.46 bits per heavy atom. The number of ketones is 1. The van der Waals surface area contributed by atoms with E-state index >= 15 is 0 Å². The Morgan fingerprint density at radius 1 is 1.18 bits per heavy atom. The maximum Gasteiger partial charge on any atom is 0.327 e. The zero-order valence-electron chi connectivity index (χ0n) is 16.7. The summed E-state index contributed by atoms with van der Waals surface area (Å²) in [5.41, 5.74) is 2.17. The number of nitrogens with zero attached hydrogens (tertiary/aromatic N) is 3. The molecule has 6 nitrogen and oxygen atoms in total. The molecule has 150 valence electrons. The molecule has 0 bridgehead atoms. The first-order chi connectivity index (χ1) is 13.5.